The molecule has 1 atom stereocenters. The first-order valence-corrected chi connectivity index (χ1v) is 11.2. The molecule has 0 bridgehead atoms. The van der Waals surface area contributed by atoms with E-state index >= 15 is 0 Å². The number of rotatable bonds is 5. The lowest BCUT2D eigenvalue weighted by atomic mass is 9.93. The van der Waals surface area contributed by atoms with E-state index in [0.717, 1.165) is 16.7 Å². The number of amides is 1. The Hall–Kier alpha value is -3.45. The van der Waals surface area contributed by atoms with E-state index in [1.165, 1.54) is 16.2 Å². The Balaban J connectivity index is 1.90. The third kappa shape index (κ3) is 3.69. The zero-order valence-electron chi connectivity index (χ0n) is 18.3. The second-order valence-electron chi connectivity index (χ2n) is 7.99. The second kappa shape index (κ2) is 8.59. The molecule has 164 valence electrons. The van der Waals surface area contributed by atoms with Gasteiger partial charge in [-0.2, -0.15) is 0 Å². The van der Waals surface area contributed by atoms with Crippen LogP contribution in [0.1, 0.15) is 48.1 Å². The molecule has 32 heavy (non-hydrogen) atoms. The standard InChI is InChI=1S/C25H24N2O4S/c1-14(2)16-5-7-17(8-6-16)21-20(22(28)18-9-10-19(31-4)15(3)13-18)23(29)24(30)27(21)25-26-11-12-32-25/h5-14,21,28H,1-4H3. The molecule has 1 fully saturated rings. The Labute approximate surface area is 190 Å². The smallest absolute Gasteiger partial charge is 0.301 e. The van der Waals surface area contributed by atoms with Crippen LogP contribution in [0, 0.1) is 6.92 Å². The van der Waals surface area contributed by atoms with Crippen molar-refractivity contribution in [1.29, 1.82) is 0 Å². The van der Waals surface area contributed by atoms with E-state index in [0.29, 0.717) is 22.4 Å². The summed E-state index contributed by atoms with van der Waals surface area (Å²) in [5, 5.41) is 13.4. The van der Waals surface area contributed by atoms with Crippen LogP contribution in [0.4, 0.5) is 5.13 Å². The molecule has 1 aromatic heterocycles. The van der Waals surface area contributed by atoms with Crippen LogP contribution in [0.3, 0.4) is 0 Å². The Bertz CT molecular complexity index is 1200. The van der Waals surface area contributed by atoms with Crippen LogP contribution >= 0.6 is 11.3 Å². The quantitative estimate of drug-likeness (QED) is 0.329. The number of ether oxygens (including phenoxy) is 1. The molecule has 4 rings (SSSR count). The minimum atomic E-state index is -0.773. The first-order chi connectivity index (χ1) is 15.3. The Morgan fingerprint density at radius 2 is 1.88 bits per heavy atom. The van der Waals surface area contributed by atoms with Gasteiger partial charge in [-0.1, -0.05) is 38.1 Å². The fourth-order valence-corrected chi connectivity index (χ4v) is 4.59. The van der Waals surface area contributed by atoms with Crippen molar-refractivity contribution in [2.75, 3.05) is 12.0 Å². The van der Waals surface area contributed by atoms with E-state index in [2.05, 4.69) is 18.8 Å². The third-order valence-corrected chi connectivity index (χ3v) is 6.43. The predicted octanol–water partition coefficient (Wildman–Crippen LogP) is 5.21. The zero-order valence-corrected chi connectivity index (χ0v) is 19.1. The van der Waals surface area contributed by atoms with Crippen molar-refractivity contribution in [3.63, 3.8) is 0 Å². The lowest BCUT2D eigenvalue weighted by molar-refractivity contribution is -0.132. The number of nitrogens with zero attached hydrogens (tertiary/aromatic N) is 2. The van der Waals surface area contributed by atoms with E-state index in [9.17, 15) is 14.7 Å². The normalized spacial score (nSPS) is 17.9. The summed E-state index contributed by atoms with van der Waals surface area (Å²) in [6.45, 7) is 6.05. The van der Waals surface area contributed by atoms with Gasteiger partial charge in [-0.25, -0.2) is 4.98 Å². The van der Waals surface area contributed by atoms with E-state index < -0.39 is 17.7 Å². The average molecular weight is 449 g/mol. The molecular weight excluding hydrogens is 424 g/mol. The van der Waals surface area contributed by atoms with E-state index in [4.69, 9.17) is 4.74 Å². The Morgan fingerprint density at radius 1 is 1.16 bits per heavy atom. The fourth-order valence-electron chi connectivity index (χ4n) is 3.92. The molecule has 3 aromatic rings. The van der Waals surface area contributed by atoms with Gasteiger partial charge in [-0.05, 0) is 47.7 Å². The number of ketones is 1. The van der Waals surface area contributed by atoms with Gasteiger partial charge in [0.05, 0.1) is 18.7 Å². The summed E-state index contributed by atoms with van der Waals surface area (Å²) < 4.78 is 5.30. The molecule has 1 aliphatic rings. The Morgan fingerprint density at radius 3 is 2.44 bits per heavy atom. The van der Waals surface area contributed by atoms with E-state index in [1.807, 2.05) is 31.2 Å². The summed E-state index contributed by atoms with van der Waals surface area (Å²) in [5.74, 6) is -0.637. The monoisotopic (exact) mass is 448 g/mol. The highest BCUT2D eigenvalue weighted by Gasteiger charge is 2.48. The number of thiazole rings is 1. The van der Waals surface area contributed by atoms with Crippen molar-refractivity contribution < 1.29 is 19.4 Å². The van der Waals surface area contributed by atoms with Crippen LogP contribution in [-0.4, -0.2) is 28.9 Å². The molecule has 1 unspecified atom stereocenters. The number of Topliss-reactive ketones (excluding diaryl/α,β-unsaturated/α-hetero) is 1. The first-order valence-electron chi connectivity index (χ1n) is 10.3. The highest BCUT2D eigenvalue weighted by atomic mass is 32.1. The summed E-state index contributed by atoms with van der Waals surface area (Å²) in [7, 11) is 1.57. The number of aryl methyl sites for hydroxylation is 1. The van der Waals surface area contributed by atoms with E-state index in [-0.39, 0.29) is 11.3 Å². The van der Waals surface area contributed by atoms with Gasteiger partial charge >= 0.3 is 5.91 Å². The van der Waals surface area contributed by atoms with E-state index in [1.54, 1.807) is 36.9 Å². The topological polar surface area (TPSA) is 79.7 Å². The van der Waals surface area contributed by atoms with Gasteiger partial charge < -0.3 is 9.84 Å². The number of methoxy groups -OCH3 is 1. The highest BCUT2D eigenvalue weighted by molar-refractivity contribution is 7.14. The predicted molar refractivity (Wildman–Crippen MR) is 125 cm³/mol. The minimum Gasteiger partial charge on any atom is -0.507 e. The van der Waals surface area contributed by atoms with Gasteiger partial charge in [-0.15, -0.1) is 11.3 Å². The van der Waals surface area contributed by atoms with Gasteiger partial charge in [0.15, 0.2) is 5.13 Å². The number of carbonyl (C=O) groups is 2. The summed E-state index contributed by atoms with van der Waals surface area (Å²) in [6.07, 6.45) is 1.59. The van der Waals surface area contributed by atoms with Crippen LogP contribution < -0.4 is 9.64 Å². The molecule has 0 saturated carbocycles. The van der Waals surface area contributed by atoms with Crippen molar-refractivity contribution in [3.05, 3.63) is 81.9 Å². The molecule has 7 heteroatoms. The van der Waals surface area contributed by atoms with Crippen LogP contribution in [0.15, 0.2) is 59.6 Å². The van der Waals surface area contributed by atoms with Gasteiger partial charge in [0.2, 0.25) is 0 Å². The number of carbonyl (C=O) groups excluding carboxylic acids is 2. The number of aliphatic hydroxyl groups excluding tert-OH is 1. The zero-order chi connectivity index (χ0) is 23.0. The first kappa shape index (κ1) is 21.8. The number of aromatic nitrogens is 1. The molecule has 1 aliphatic heterocycles. The largest absolute Gasteiger partial charge is 0.507 e. The number of hydrogen-bond acceptors (Lipinski definition) is 6. The molecule has 6 nitrogen and oxygen atoms in total. The number of anilines is 1. The maximum atomic E-state index is 13.1. The van der Waals surface area contributed by atoms with Gasteiger partial charge in [0.1, 0.15) is 11.5 Å². The minimum absolute atomic E-state index is 0.0482. The second-order valence-corrected chi connectivity index (χ2v) is 8.86. The van der Waals surface area contributed by atoms with Crippen LogP contribution in [0.2, 0.25) is 0 Å². The Kier molecular flexibility index (Phi) is 5.84. The summed E-state index contributed by atoms with van der Waals surface area (Å²) in [4.78, 5) is 31.8. The van der Waals surface area contributed by atoms with Gasteiger partial charge in [0, 0.05) is 17.1 Å². The maximum Gasteiger partial charge on any atom is 0.301 e. The molecular formula is C25H24N2O4S. The molecule has 1 saturated heterocycles. The SMILES string of the molecule is COc1ccc(C(O)=C2C(=O)C(=O)N(c3nccs3)C2c2ccc(C(C)C)cc2)cc1C. The van der Waals surface area contributed by atoms with Crippen molar-refractivity contribution in [2.45, 2.75) is 32.7 Å². The highest BCUT2D eigenvalue weighted by Crippen LogP contribution is 2.43. The molecule has 0 spiro atoms. The van der Waals surface area contributed by atoms with Crippen LogP contribution in [0.5, 0.6) is 5.75 Å². The lowest BCUT2D eigenvalue weighted by Crippen LogP contribution is -2.29. The molecule has 1 N–H and O–H groups in total. The maximum absolute atomic E-state index is 13.1. The van der Waals surface area contributed by atoms with Crippen molar-refractivity contribution in [3.8, 4) is 5.75 Å². The number of benzene rings is 2. The number of aliphatic hydroxyl groups is 1. The summed E-state index contributed by atoms with van der Waals surface area (Å²) in [6, 6.07) is 12.1. The van der Waals surface area contributed by atoms with Gasteiger partial charge in [0.25, 0.3) is 5.78 Å². The lowest BCUT2D eigenvalue weighted by Gasteiger charge is -2.23. The van der Waals surface area contributed by atoms with Gasteiger partial charge in [-0.3, -0.25) is 14.5 Å². The summed E-state index contributed by atoms with van der Waals surface area (Å²) in [5.41, 5.74) is 3.18. The molecule has 2 heterocycles. The van der Waals surface area contributed by atoms with Crippen molar-refractivity contribution in [2.24, 2.45) is 0 Å². The number of hydrogen-bond donors (Lipinski definition) is 1. The van der Waals surface area contributed by atoms with Crippen LogP contribution in [0.25, 0.3) is 5.76 Å². The summed E-state index contributed by atoms with van der Waals surface area (Å²) >= 11 is 1.27. The molecule has 0 aliphatic carbocycles. The molecule has 0 radical (unpaired) electrons. The molecule has 1 amide bonds. The van der Waals surface area contributed by atoms with Crippen molar-refractivity contribution >= 4 is 33.9 Å². The molecule has 2 aromatic carbocycles. The average Bonchev–Trinajstić information content (AvgIpc) is 3.40. The third-order valence-electron chi connectivity index (χ3n) is 5.66. The van der Waals surface area contributed by atoms with Crippen LogP contribution in [-0.2, 0) is 9.59 Å². The van der Waals surface area contributed by atoms with Crippen molar-refractivity contribution in [1.82, 2.24) is 4.98 Å². The fraction of sp³-hybridized carbons (Fsp3) is 0.240.